The van der Waals surface area contributed by atoms with E-state index in [2.05, 4.69) is 34.7 Å². The topological polar surface area (TPSA) is 88.2 Å². The molecule has 140 valence electrons. The third kappa shape index (κ3) is 3.54. The molecule has 0 aromatic carbocycles. The number of carbonyl (C=O) groups is 1. The van der Waals surface area contributed by atoms with Gasteiger partial charge in [-0.3, -0.25) is 4.68 Å². The molecule has 2 aromatic rings. The lowest BCUT2D eigenvalue weighted by Gasteiger charge is -2.28. The van der Waals surface area contributed by atoms with E-state index in [-0.39, 0.29) is 6.03 Å². The predicted octanol–water partition coefficient (Wildman–Crippen LogP) is 2.02. The zero-order chi connectivity index (χ0) is 18.1. The van der Waals surface area contributed by atoms with Crippen molar-refractivity contribution < 1.29 is 9.32 Å². The largest absolute Gasteiger partial charge is 0.363 e. The lowest BCUT2D eigenvalue weighted by Crippen LogP contribution is -2.31. The SMILES string of the molecule is CC1(C)CCc2onc(CNc3ccn(CCN4CCNC4=O)n3)c2C1. The Hall–Kier alpha value is -2.51. The maximum absolute atomic E-state index is 11.6. The van der Waals surface area contributed by atoms with Gasteiger partial charge in [0.1, 0.15) is 17.3 Å². The molecule has 0 saturated carbocycles. The monoisotopic (exact) mass is 358 g/mol. The first-order valence-corrected chi connectivity index (χ1v) is 9.27. The number of rotatable bonds is 6. The molecule has 8 heteroatoms. The molecule has 8 nitrogen and oxygen atoms in total. The third-order valence-corrected chi connectivity index (χ3v) is 5.26. The number of hydrogen-bond acceptors (Lipinski definition) is 5. The molecule has 1 saturated heterocycles. The summed E-state index contributed by atoms with van der Waals surface area (Å²) in [6, 6.07) is 1.95. The Kier molecular flexibility index (Phi) is 4.34. The maximum atomic E-state index is 11.6. The number of urea groups is 1. The molecule has 1 aliphatic carbocycles. The van der Waals surface area contributed by atoms with Crippen LogP contribution in [0.25, 0.3) is 0 Å². The molecule has 0 unspecified atom stereocenters. The Balaban J connectivity index is 1.33. The molecule has 2 amide bonds. The van der Waals surface area contributed by atoms with Gasteiger partial charge in [0, 0.05) is 43.9 Å². The minimum absolute atomic E-state index is 0.00855. The second-order valence-corrected chi connectivity index (χ2v) is 7.91. The summed E-state index contributed by atoms with van der Waals surface area (Å²) in [4.78, 5) is 13.4. The number of nitrogens with one attached hydrogen (secondary N) is 2. The average molecular weight is 358 g/mol. The first kappa shape index (κ1) is 16.9. The summed E-state index contributed by atoms with van der Waals surface area (Å²) >= 11 is 0. The second-order valence-electron chi connectivity index (χ2n) is 7.91. The van der Waals surface area contributed by atoms with E-state index in [0.29, 0.717) is 25.0 Å². The maximum Gasteiger partial charge on any atom is 0.317 e. The van der Waals surface area contributed by atoms with Gasteiger partial charge in [-0.25, -0.2) is 4.79 Å². The van der Waals surface area contributed by atoms with Crippen molar-refractivity contribution in [2.75, 3.05) is 25.0 Å². The fraction of sp³-hybridized carbons (Fsp3) is 0.611. The van der Waals surface area contributed by atoms with Crippen molar-refractivity contribution in [3.05, 3.63) is 29.3 Å². The Morgan fingerprint density at radius 3 is 3.08 bits per heavy atom. The molecule has 2 N–H and O–H groups in total. The number of hydrogen-bond donors (Lipinski definition) is 2. The van der Waals surface area contributed by atoms with Gasteiger partial charge in [0.2, 0.25) is 0 Å². The highest BCUT2D eigenvalue weighted by atomic mass is 16.5. The van der Waals surface area contributed by atoms with Gasteiger partial charge in [-0.05, 0) is 18.3 Å². The van der Waals surface area contributed by atoms with E-state index in [1.165, 1.54) is 5.56 Å². The summed E-state index contributed by atoms with van der Waals surface area (Å²) in [7, 11) is 0. The van der Waals surface area contributed by atoms with E-state index in [0.717, 1.165) is 49.6 Å². The lowest BCUT2D eigenvalue weighted by molar-refractivity contribution is 0.215. The Bertz CT molecular complexity index is 793. The van der Waals surface area contributed by atoms with Gasteiger partial charge in [-0.15, -0.1) is 0 Å². The van der Waals surface area contributed by atoms with Crippen LogP contribution in [0.4, 0.5) is 10.6 Å². The van der Waals surface area contributed by atoms with Crippen LogP contribution in [0.3, 0.4) is 0 Å². The third-order valence-electron chi connectivity index (χ3n) is 5.26. The van der Waals surface area contributed by atoms with Gasteiger partial charge < -0.3 is 20.1 Å². The molecular formula is C18H26N6O2. The minimum atomic E-state index is 0.00855. The number of amides is 2. The Morgan fingerprint density at radius 1 is 1.38 bits per heavy atom. The van der Waals surface area contributed by atoms with Crippen LogP contribution in [0.2, 0.25) is 0 Å². The van der Waals surface area contributed by atoms with E-state index < -0.39 is 0 Å². The van der Waals surface area contributed by atoms with Crippen molar-refractivity contribution in [2.24, 2.45) is 5.41 Å². The van der Waals surface area contributed by atoms with Gasteiger partial charge in [-0.2, -0.15) is 5.10 Å². The smallest absolute Gasteiger partial charge is 0.317 e. The highest BCUT2D eigenvalue weighted by Gasteiger charge is 2.30. The molecule has 0 radical (unpaired) electrons. The first-order chi connectivity index (χ1) is 12.5. The molecule has 1 fully saturated rings. The van der Waals surface area contributed by atoms with Crippen LogP contribution in [-0.2, 0) is 25.9 Å². The van der Waals surface area contributed by atoms with Crippen LogP contribution < -0.4 is 10.6 Å². The summed E-state index contributed by atoms with van der Waals surface area (Å²) in [5.74, 6) is 1.85. The number of fused-ring (bicyclic) bond motifs is 1. The van der Waals surface area contributed by atoms with Gasteiger partial charge in [0.25, 0.3) is 0 Å². The summed E-state index contributed by atoms with van der Waals surface area (Å²) in [6.07, 6.45) is 5.04. The highest BCUT2D eigenvalue weighted by Crippen LogP contribution is 2.36. The van der Waals surface area contributed by atoms with Gasteiger partial charge >= 0.3 is 6.03 Å². The molecule has 2 aliphatic rings. The van der Waals surface area contributed by atoms with Crippen LogP contribution in [0.15, 0.2) is 16.8 Å². The Labute approximate surface area is 152 Å². The molecule has 3 heterocycles. The molecular weight excluding hydrogens is 332 g/mol. The van der Waals surface area contributed by atoms with Crippen LogP contribution in [0, 0.1) is 5.41 Å². The van der Waals surface area contributed by atoms with E-state index in [1.807, 2.05) is 16.9 Å². The van der Waals surface area contributed by atoms with Gasteiger partial charge in [-0.1, -0.05) is 19.0 Å². The normalized spacial score (nSPS) is 18.7. The zero-order valence-corrected chi connectivity index (χ0v) is 15.4. The van der Waals surface area contributed by atoms with Gasteiger partial charge in [0.15, 0.2) is 0 Å². The fourth-order valence-electron chi connectivity index (χ4n) is 3.64. The quantitative estimate of drug-likeness (QED) is 0.825. The number of carbonyl (C=O) groups excluding carboxylic acids is 1. The summed E-state index contributed by atoms with van der Waals surface area (Å²) in [5.41, 5.74) is 2.54. The number of anilines is 1. The highest BCUT2D eigenvalue weighted by molar-refractivity contribution is 5.76. The van der Waals surface area contributed by atoms with Gasteiger partial charge in [0.05, 0.1) is 13.1 Å². The van der Waals surface area contributed by atoms with Crippen LogP contribution in [-0.4, -0.2) is 45.5 Å². The minimum Gasteiger partial charge on any atom is -0.363 e. The fourth-order valence-corrected chi connectivity index (χ4v) is 3.64. The van der Waals surface area contributed by atoms with Crippen molar-refractivity contribution in [1.29, 1.82) is 0 Å². The molecule has 1 aliphatic heterocycles. The van der Waals surface area contributed by atoms with E-state index in [9.17, 15) is 4.79 Å². The van der Waals surface area contributed by atoms with Crippen molar-refractivity contribution >= 4 is 11.8 Å². The average Bonchev–Trinajstić information content (AvgIpc) is 3.30. The molecule has 0 spiro atoms. The molecule has 2 aromatic heterocycles. The molecule has 0 atom stereocenters. The lowest BCUT2D eigenvalue weighted by atomic mass is 9.76. The van der Waals surface area contributed by atoms with Crippen molar-refractivity contribution in [1.82, 2.24) is 25.2 Å². The zero-order valence-electron chi connectivity index (χ0n) is 15.4. The molecule has 26 heavy (non-hydrogen) atoms. The number of aromatic nitrogens is 3. The van der Waals surface area contributed by atoms with Crippen LogP contribution >= 0.6 is 0 Å². The number of nitrogens with zero attached hydrogens (tertiary/aromatic N) is 4. The van der Waals surface area contributed by atoms with E-state index >= 15 is 0 Å². The van der Waals surface area contributed by atoms with E-state index in [1.54, 1.807) is 4.90 Å². The van der Waals surface area contributed by atoms with E-state index in [4.69, 9.17) is 4.52 Å². The predicted molar refractivity (Wildman–Crippen MR) is 96.8 cm³/mol. The second kappa shape index (κ2) is 6.66. The summed E-state index contributed by atoms with van der Waals surface area (Å²) in [6.45, 7) is 8.04. The van der Waals surface area contributed by atoms with Crippen molar-refractivity contribution in [3.8, 4) is 0 Å². The molecule has 4 rings (SSSR count). The van der Waals surface area contributed by atoms with Crippen molar-refractivity contribution in [2.45, 2.75) is 46.2 Å². The molecule has 0 bridgehead atoms. The number of aryl methyl sites for hydroxylation is 1. The van der Waals surface area contributed by atoms with Crippen LogP contribution in [0.1, 0.15) is 37.3 Å². The summed E-state index contributed by atoms with van der Waals surface area (Å²) < 4.78 is 7.38. The Morgan fingerprint density at radius 2 is 2.27 bits per heavy atom. The summed E-state index contributed by atoms with van der Waals surface area (Å²) in [5, 5.41) is 14.9. The van der Waals surface area contributed by atoms with Crippen molar-refractivity contribution in [3.63, 3.8) is 0 Å². The van der Waals surface area contributed by atoms with Crippen LogP contribution in [0.5, 0.6) is 0 Å². The first-order valence-electron chi connectivity index (χ1n) is 9.27. The standard InChI is InChI=1S/C18H26N6O2/c1-18(2)5-3-15-13(11-18)14(22-26-15)12-20-16-4-7-24(21-16)10-9-23-8-6-19-17(23)25/h4,7H,3,5-6,8-12H2,1-2H3,(H,19,25)(H,20,21).